The molecule has 1 atom stereocenters. The van der Waals surface area contributed by atoms with Crippen molar-refractivity contribution in [2.45, 2.75) is 53.7 Å². The Balaban J connectivity index is 2.68. The number of nitrogens with one attached hydrogen (secondary N) is 1. The molecule has 20 heavy (non-hydrogen) atoms. The number of halogens is 1. The number of aromatic nitrogens is 1. The van der Waals surface area contributed by atoms with Crippen LogP contribution in [0, 0.1) is 17.7 Å². The van der Waals surface area contributed by atoms with Crippen LogP contribution in [0.1, 0.15) is 46.6 Å². The van der Waals surface area contributed by atoms with Gasteiger partial charge in [-0.15, -0.1) is 0 Å². The Kier molecular flexibility index (Phi) is 6.93. The lowest BCUT2D eigenvalue weighted by Gasteiger charge is -2.18. The first kappa shape index (κ1) is 16.9. The normalized spacial score (nSPS) is 13.0. The Morgan fingerprint density at radius 1 is 1.20 bits per heavy atom. The van der Waals surface area contributed by atoms with Crippen molar-refractivity contribution < 1.29 is 9.13 Å². The second kappa shape index (κ2) is 8.20. The number of ether oxygens (including phenoxy) is 1. The first-order chi connectivity index (χ1) is 9.38. The summed E-state index contributed by atoms with van der Waals surface area (Å²) >= 11 is 0. The van der Waals surface area contributed by atoms with E-state index in [1.807, 2.05) is 6.92 Å². The summed E-state index contributed by atoms with van der Waals surface area (Å²) in [6, 6.07) is 1.50. The molecule has 1 N–H and O–H groups in total. The third kappa shape index (κ3) is 6.33. The molecule has 1 unspecified atom stereocenters. The van der Waals surface area contributed by atoms with Gasteiger partial charge in [0.1, 0.15) is 5.82 Å². The molecular weight excluding hydrogens is 255 g/mol. The summed E-state index contributed by atoms with van der Waals surface area (Å²) in [5.41, 5.74) is 0.779. The van der Waals surface area contributed by atoms with Gasteiger partial charge in [-0.3, -0.25) is 0 Å². The second-order valence-electron chi connectivity index (χ2n) is 6.20. The Labute approximate surface area is 121 Å². The van der Waals surface area contributed by atoms with Crippen LogP contribution in [0.4, 0.5) is 4.39 Å². The van der Waals surface area contributed by atoms with E-state index >= 15 is 0 Å². The number of rotatable bonds is 8. The highest BCUT2D eigenvalue weighted by Gasteiger charge is 2.12. The smallest absolute Gasteiger partial charge is 0.218 e. The molecule has 1 aromatic rings. The zero-order chi connectivity index (χ0) is 15.1. The molecular formula is C16H27FN2O. The summed E-state index contributed by atoms with van der Waals surface area (Å²) in [7, 11) is 0. The van der Waals surface area contributed by atoms with Gasteiger partial charge in [0.2, 0.25) is 5.88 Å². The van der Waals surface area contributed by atoms with Crippen LogP contribution in [0.5, 0.6) is 5.88 Å². The fourth-order valence-electron chi connectivity index (χ4n) is 2.10. The summed E-state index contributed by atoms with van der Waals surface area (Å²) in [4.78, 5) is 4.09. The molecule has 0 aliphatic carbocycles. The molecule has 0 aliphatic rings. The average Bonchev–Trinajstić information content (AvgIpc) is 2.31. The number of hydrogen-bond acceptors (Lipinski definition) is 3. The maximum Gasteiger partial charge on any atom is 0.218 e. The Bertz CT molecular complexity index is 407. The van der Waals surface area contributed by atoms with Gasteiger partial charge in [0, 0.05) is 12.1 Å². The summed E-state index contributed by atoms with van der Waals surface area (Å²) < 4.78 is 19.2. The van der Waals surface area contributed by atoms with Gasteiger partial charge in [-0.25, -0.2) is 9.37 Å². The molecule has 0 saturated heterocycles. The van der Waals surface area contributed by atoms with Crippen LogP contribution in [0.2, 0.25) is 0 Å². The lowest BCUT2D eigenvalue weighted by atomic mass is 10.1. The fraction of sp³-hybridized carbons (Fsp3) is 0.688. The summed E-state index contributed by atoms with van der Waals surface area (Å²) in [5, 5.41) is 3.30. The fourth-order valence-corrected chi connectivity index (χ4v) is 2.10. The SMILES string of the molecule is CC(C)CNCc1cc(F)cnc1OC(C)CC(C)C. The molecule has 0 amide bonds. The molecule has 114 valence electrons. The van der Waals surface area contributed by atoms with E-state index in [9.17, 15) is 4.39 Å². The molecule has 3 nitrogen and oxygen atoms in total. The van der Waals surface area contributed by atoms with E-state index in [0.717, 1.165) is 18.5 Å². The van der Waals surface area contributed by atoms with Crippen molar-refractivity contribution in [3.05, 3.63) is 23.6 Å². The maximum absolute atomic E-state index is 13.3. The Morgan fingerprint density at radius 2 is 1.90 bits per heavy atom. The van der Waals surface area contributed by atoms with Crippen LogP contribution in [-0.4, -0.2) is 17.6 Å². The number of nitrogens with zero attached hydrogens (tertiary/aromatic N) is 1. The van der Waals surface area contributed by atoms with Gasteiger partial charge in [0.25, 0.3) is 0 Å². The summed E-state index contributed by atoms with van der Waals surface area (Å²) in [5.74, 6) is 1.33. The topological polar surface area (TPSA) is 34.2 Å². The van der Waals surface area contributed by atoms with E-state index in [1.165, 1.54) is 12.3 Å². The third-order valence-electron chi connectivity index (χ3n) is 2.88. The molecule has 1 aromatic heterocycles. The van der Waals surface area contributed by atoms with Gasteiger partial charge in [0.05, 0.1) is 12.3 Å². The predicted octanol–water partition coefficient (Wildman–Crippen LogP) is 3.78. The predicted molar refractivity (Wildman–Crippen MR) is 80.3 cm³/mol. The van der Waals surface area contributed by atoms with Crippen molar-refractivity contribution in [2.24, 2.45) is 11.8 Å². The summed E-state index contributed by atoms with van der Waals surface area (Å²) in [6.07, 6.45) is 2.25. The second-order valence-corrected chi connectivity index (χ2v) is 6.20. The highest BCUT2D eigenvalue weighted by Crippen LogP contribution is 2.19. The van der Waals surface area contributed by atoms with E-state index in [4.69, 9.17) is 4.74 Å². The van der Waals surface area contributed by atoms with E-state index in [-0.39, 0.29) is 11.9 Å². The van der Waals surface area contributed by atoms with Crippen LogP contribution in [-0.2, 0) is 6.54 Å². The summed E-state index contributed by atoms with van der Waals surface area (Å²) in [6.45, 7) is 12.1. The van der Waals surface area contributed by atoms with Crippen LogP contribution >= 0.6 is 0 Å². The Hall–Kier alpha value is -1.16. The van der Waals surface area contributed by atoms with Crippen LogP contribution in [0.25, 0.3) is 0 Å². The average molecular weight is 282 g/mol. The molecule has 4 heteroatoms. The van der Waals surface area contributed by atoms with Crippen molar-refractivity contribution in [1.29, 1.82) is 0 Å². The van der Waals surface area contributed by atoms with Crippen LogP contribution in [0.15, 0.2) is 12.3 Å². The molecule has 0 aliphatic heterocycles. The molecule has 0 bridgehead atoms. The van der Waals surface area contributed by atoms with E-state index < -0.39 is 0 Å². The lowest BCUT2D eigenvalue weighted by molar-refractivity contribution is 0.183. The standard InChI is InChI=1S/C16H27FN2O/c1-11(2)6-13(5)20-16-14(7-15(17)10-19-16)9-18-8-12(3)4/h7,10-13,18H,6,8-9H2,1-5H3. The van der Waals surface area contributed by atoms with Crippen LogP contribution < -0.4 is 10.1 Å². The van der Waals surface area contributed by atoms with Gasteiger partial charge in [-0.05, 0) is 37.8 Å². The minimum atomic E-state index is -0.324. The first-order valence-electron chi connectivity index (χ1n) is 7.40. The quantitative estimate of drug-likeness (QED) is 0.788. The zero-order valence-electron chi connectivity index (χ0n) is 13.2. The van der Waals surface area contributed by atoms with Crippen molar-refractivity contribution >= 4 is 0 Å². The third-order valence-corrected chi connectivity index (χ3v) is 2.88. The lowest BCUT2D eigenvalue weighted by Crippen LogP contribution is -2.21. The molecule has 0 aromatic carbocycles. The Morgan fingerprint density at radius 3 is 2.50 bits per heavy atom. The molecule has 1 heterocycles. The first-order valence-corrected chi connectivity index (χ1v) is 7.40. The van der Waals surface area contributed by atoms with Gasteiger partial charge in [-0.2, -0.15) is 0 Å². The zero-order valence-corrected chi connectivity index (χ0v) is 13.2. The minimum absolute atomic E-state index is 0.0804. The van der Waals surface area contributed by atoms with Gasteiger partial charge in [-0.1, -0.05) is 27.7 Å². The van der Waals surface area contributed by atoms with Gasteiger partial charge < -0.3 is 10.1 Å². The van der Waals surface area contributed by atoms with Crippen molar-refractivity contribution in [3.63, 3.8) is 0 Å². The van der Waals surface area contributed by atoms with Crippen molar-refractivity contribution in [2.75, 3.05) is 6.54 Å². The van der Waals surface area contributed by atoms with E-state index in [2.05, 4.69) is 38.0 Å². The molecule has 0 spiro atoms. The van der Waals surface area contributed by atoms with Gasteiger partial charge in [0.15, 0.2) is 0 Å². The van der Waals surface area contributed by atoms with Crippen molar-refractivity contribution in [1.82, 2.24) is 10.3 Å². The highest BCUT2D eigenvalue weighted by atomic mass is 19.1. The molecule has 0 fully saturated rings. The monoisotopic (exact) mass is 282 g/mol. The molecule has 0 saturated carbocycles. The van der Waals surface area contributed by atoms with Crippen LogP contribution in [0.3, 0.4) is 0 Å². The minimum Gasteiger partial charge on any atom is -0.474 e. The highest BCUT2D eigenvalue weighted by molar-refractivity contribution is 5.26. The number of hydrogen-bond donors (Lipinski definition) is 1. The largest absolute Gasteiger partial charge is 0.474 e. The molecule has 1 rings (SSSR count). The van der Waals surface area contributed by atoms with E-state index in [0.29, 0.717) is 24.3 Å². The van der Waals surface area contributed by atoms with E-state index in [1.54, 1.807) is 0 Å². The molecule has 0 radical (unpaired) electrons. The van der Waals surface area contributed by atoms with Gasteiger partial charge >= 0.3 is 0 Å². The maximum atomic E-state index is 13.3. The number of pyridine rings is 1. The van der Waals surface area contributed by atoms with Crippen molar-refractivity contribution in [3.8, 4) is 5.88 Å².